The smallest absolute Gasteiger partial charge is 0.224 e. The SMILES string of the molecule is Cc1ccc(N2CCC(CNC(=O)Cc3ccccc3)C2)cc1C. The summed E-state index contributed by atoms with van der Waals surface area (Å²) >= 11 is 0. The highest BCUT2D eigenvalue weighted by Gasteiger charge is 2.23. The van der Waals surface area contributed by atoms with Crippen LogP contribution in [0.3, 0.4) is 0 Å². The van der Waals surface area contributed by atoms with E-state index in [0.29, 0.717) is 12.3 Å². The highest BCUT2D eigenvalue weighted by Crippen LogP contribution is 2.25. The molecule has 1 saturated heterocycles. The van der Waals surface area contributed by atoms with E-state index in [4.69, 9.17) is 0 Å². The first-order chi connectivity index (χ1) is 11.6. The summed E-state index contributed by atoms with van der Waals surface area (Å²) < 4.78 is 0. The molecule has 0 saturated carbocycles. The van der Waals surface area contributed by atoms with E-state index in [2.05, 4.69) is 42.3 Å². The molecule has 1 aliphatic rings. The molecule has 1 N–H and O–H groups in total. The summed E-state index contributed by atoms with van der Waals surface area (Å²) in [4.78, 5) is 14.5. The Morgan fingerprint density at radius 1 is 1.12 bits per heavy atom. The van der Waals surface area contributed by atoms with Crippen LogP contribution < -0.4 is 10.2 Å². The first-order valence-corrected chi connectivity index (χ1v) is 8.74. The molecule has 2 aromatic rings. The third-order valence-corrected chi connectivity index (χ3v) is 4.94. The maximum absolute atomic E-state index is 12.1. The quantitative estimate of drug-likeness (QED) is 0.914. The molecule has 1 unspecified atom stereocenters. The minimum atomic E-state index is 0.117. The molecule has 1 heterocycles. The average Bonchev–Trinajstić information content (AvgIpc) is 3.05. The van der Waals surface area contributed by atoms with Crippen molar-refractivity contribution in [2.75, 3.05) is 24.5 Å². The number of anilines is 1. The predicted octanol–water partition coefficient (Wildman–Crippen LogP) is 3.49. The molecule has 3 nitrogen and oxygen atoms in total. The molecule has 0 spiro atoms. The van der Waals surface area contributed by atoms with Gasteiger partial charge in [-0.15, -0.1) is 0 Å². The second-order valence-electron chi connectivity index (χ2n) is 6.84. The fraction of sp³-hybridized carbons (Fsp3) is 0.381. The second-order valence-corrected chi connectivity index (χ2v) is 6.84. The van der Waals surface area contributed by atoms with Crippen LogP contribution in [0.5, 0.6) is 0 Å². The number of benzene rings is 2. The van der Waals surface area contributed by atoms with Gasteiger partial charge in [-0.1, -0.05) is 36.4 Å². The van der Waals surface area contributed by atoms with Gasteiger partial charge in [0.25, 0.3) is 0 Å². The molecule has 1 aliphatic heterocycles. The molecular formula is C21H26N2O. The van der Waals surface area contributed by atoms with Crippen molar-refractivity contribution in [3.8, 4) is 0 Å². The van der Waals surface area contributed by atoms with Crippen LogP contribution in [-0.4, -0.2) is 25.5 Å². The largest absolute Gasteiger partial charge is 0.371 e. The predicted molar refractivity (Wildman–Crippen MR) is 99.4 cm³/mol. The van der Waals surface area contributed by atoms with Gasteiger partial charge in [0.2, 0.25) is 5.91 Å². The van der Waals surface area contributed by atoms with Crippen molar-refractivity contribution >= 4 is 11.6 Å². The Bertz CT molecular complexity index is 696. The van der Waals surface area contributed by atoms with Crippen LogP contribution in [0.4, 0.5) is 5.69 Å². The number of nitrogens with zero attached hydrogens (tertiary/aromatic N) is 1. The van der Waals surface area contributed by atoms with Crippen molar-refractivity contribution in [2.45, 2.75) is 26.7 Å². The number of carbonyl (C=O) groups is 1. The van der Waals surface area contributed by atoms with E-state index in [1.165, 1.54) is 16.8 Å². The minimum Gasteiger partial charge on any atom is -0.371 e. The number of amides is 1. The molecule has 0 aliphatic carbocycles. The van der Waals surface area contributed by atoms with Crippen molar-refractivity contribution in [1.82, 2.24) is 5.32 Å². The molecule has 1 amide bonds. The Balaban J connectivity index is 1.47. The molecule has 3 heteroatoms. The Kier molecular flexibility index (Phi) is 5.19. The van der Waals surface area contributed by atoms with Crippen molar-refractivity contribution in [2.24, 2.45) is 5.92 Å². The first kappa shape index (κ1) is 16.6. The second kappa shape index (κ2) is 7.52. The number of hydrogen-bond acceptors (Lipinski definition) is 2. The van der Waals surface area contributed by atoms with Crippen molar-refractivity contribution in [1.29, 1.82) is 0 Å². The lowest BCUT2D eigenvalue weighted by molar-refractivity contribution is -0.120. The number of carbonyl (C=O) groups excluding carboxylic acids is 1. The zero-order valence-corrected chi connectivity index (χ0v) is 14.6. The lowest BCUT2D eigenvalue weighted by Gasteiger charge is -2.20. The zero-order valence-electron chi connectivity index (χ0n) is 14.6. The van der Waals surface area contributed by atoms with Gasteiger partial charge in [0.1, 0.15) is 0 Å². The molecular weight excluding hydrogens is 296 g/mol. The van der Waals surface area contributed by atoms with E-state index in [1.54, 1.807) is 0 Å². The Hall–Kier alpha value is -2.29. The zero-order chi connectivity index (χ0) is 16.9. The van der Waals surface area contributed by atoms with E-state index in [0.717, 1.165) is 31.6 Å². The molecule has 2 aromatic carbocycles. The summed E-state index contributed by atoms with van der Waals surface area (Å²) in [5, 5.41) is 3.10. The van der Waals surface area contributed by atoms with E-state index in [1.807, 2.05) is 30.3 Å². The first-order valence-electron chi connectivity index (χ1n) is 8.74. The van der Waals surface area contributed by atoms with Gasteiger partial charge >= 0.3 is 0 Å². The summed E-state index contributed by atoms with van der Waals surface area (Å²) in [7, 11) is 0. The van der Waals surface area contributed by atoms with Crippen LogP contribution in [0.2, 0.25) is 0 Å². The molecule has 24 heavy (non-hydrogen) atoms. The molecule has 0 aromatic heterocycles. The van der Waals surface area contributed by atoms with Crippen LogP contribution in [0.1, 0.15) is 23.1 Å². The topological polar surface area (TPSA) is 32.3 Å². The third kappa shape index (κ3) is 4.16. The molecule has 1 fully saturated rings. The fourth-order valence-corrected chi connectivity index (χ4v) is 3.26. The molecule has 1 atom stereocenters. The van der Waals surface area contributed by atoms with Crippen LogP contribution in [0, 0.1) is 19.8 Å². The monoisotopic (exact) mass is 322 g/mol. The van der Waals surface area contributed by atoms with E-state index in [9.17, 15) is 4.79 Å². The lowest BCUT2D eigenvalue weighted by Crippen LogP contribution is -2.32. The third-order valence-electron chi connectivity index (χ3n) is 4.94. The van der Waals surface area contributed by atoms with Crippen molar-refractivity contribution in [3.63, 3.8) is 0 Å². The number of aryl methyl sites for hydroxylation is 2. The van der Waals surface area contributed by atoms with E-state index in [-0.39, 0.29) is 5.91 Å². The van der Waals surface area contributed by atoms with Crippen molar-refractivity contribution < 1.29 is 4.79 Å². The van der Waals surface area contributed by atoms with Crippen LogP contribution >= 0.6 is 0 Å². The molecule has 126 valence electrons. The van der Waals surface area contributed by atoms with Crippen molar-refractivity contribution in [3.05, 3.63) is 65.2 Å². The summed E-state index contributed by atoms with van der Waals surface area (Å²) in [6.07, 6.45) is 1.60. The average molecular weight is 322 g/mol. The van der Waals surface area contributed by atoms with Crippen LogP contribution in [0.25, 0.3) is 0 Å². The number of nitrogens with one attached hydrogen (secondary N) is 1. The van der Waals surface area contributed by atoms with Gasteiger partial charge in [-0.3, -0.25) is 4.79 Å². The summed E-state index contributed by atoms with van der Waals surface area (Å²) in [6.45, 7) is 7.17. The Morgan fingerprint density at radius 2 is 1.92 bits per heavy atom. The normalized spacial score (nSPS) is 17.1. The highest BCUT2D eigenvalue weighted by atomic mass is 16.1. The molecule has 0 bridgehead atoms. The van der Waals surface area contributed by atoms with E-state index < -0.39 is 0 Å². The molecule has 0 radical (unpaired) electrons. The lowest BCUT2D eigenvalue weighted by atomic mass is 10.1. The van der Waals surface area contributed by atoms with E-state index >= 15 is 0 Å². The number of rotatable bonds is 5. The summed E-state index contributed by atoms with van der Waals surface area (Å²) in [5.74, 6) is 0.650. The van der Waals surface area contributed by atoms with Crippen LogP contribution in [-0.2, 0) is 11.2 Å². The summed E-state index contributed by atoms with van der Waals surface area (Å²) in [6, 6.07) is 16.6. The fourth-order valence-electron chi connectivity index (χ4n) is 3.26. The van der Waals surface area contributed by atoms with Gasteiger partial charge in [-0.05, 0) is 55.0 Å². The van der Waals surface area contributed by atoms with Gasteiger partial charge in [-0.25, -0.2) is 0 Å². The Labute approximate surface area is 144 Å². The van der Waals surface area contributed by atoms with Gasteiger partial charge in [0.05, 0.1) is 6.42 Å². The van der Waals surface area contributed by atoms with Crippen LogP contribution in [0.15, 0.2) is 48.5 Å². The number of hydrogen-bond donors (Lipinski definition) is 1. The minimum absolute atomic E-state index is 0.117. The van der Waals surface area contributed by atoms with Gasteiger partial charge < -0.3 is 10.2 Å². The standard InChI is InChI=1S/C21H26N2O/c1-16-8-9-20(12-17(16)2)23-11-10-19(15-23)14-22-21(24)13-18-6-4-3-5-7-18/h3-9,12,19H,10-11,13-15H2,1-2H3,(H,22,24). The maximum atomic E-state index is 12.1. The maximum Gasteiger partial charge on any atom is 0.224 e. The highest BCUT2D eigenvalue weighted by molar-refractivity contribution is 5.78. The summed E-state index contributed by atoms with van der Waals surface area (Å²) in [5.41, 5.74) is 5.05. The van der Waals surface area contributed by atoms with Gasteiger partial charge in [-0.2, -0.15) is 0 Å². The van der Waals surface area contributed by atoms with Gasteiger partial charge in [0.15, 0.2) is 0 Å². The molecule has 3 rings (SSSR count). The van der Waals surface area contributed by atoms with Gasteiger partial charge in [0, 0.05) is 25.3 Å². The Morgan fingerprint density at radius 3 is 2.67 bits per heavy atom.